The van der Waals surface area contributed by atoms with Gasteiger partial charge in [0.1, 0.15) is 17.1 Å². The Morgan fingerprint density at radius 3 is 2.42 bits per heavy atom. The highest BCUT2D eigenvalue weighted by atomic mass is 16.6. The SMILES string of the molecule is COc1ccc(/C=N\Nc2ccc([N+](=O)[O-])cc2)cc1Cn1nc(C)c([N+](=O)[O-])c1C. The lowest BCUT2D eigenvalue weighted by Gasteiger charge is -2.10. The molecule has 0 fully saturated rings. The molecule has 1 N–H and O–H groups in total. The summed E-state index contributed by atoms with van der Waals surface area (Å²) < 4.78 is 6.98. The average Bonchev–Trinajstić information content (AvgIpc) is 3.01. The lowest BCUT2D eigenvalue weighted by Crippen LogP contribution is -2.06. The maximum atomic E-state index is 11.2. The van der Waals surface area contributed by atoms with E-state index in [1.807, 2.05) is 12.1 Å². The minimum absolute atomic E-state index is 0.00119. The molecule has 31 heavy (non-hydrogen) atoms. The number of methoxy groups -OCH3 is 1. The zero-order chi connectivity index (χ0) is 22.5. The van der Waals surface area contributed by atoms with E-state index in [2.05, 4.69) is 15.6 Å². The highest BCUT2D eigenvalue weighted by Crippen LogP contribution is 2.26. The number of aryl methyl sites for hydroxylation is 1. The van der Waals surface area contributed by atoms with E-state index < -0.39 is 9.85 Å². The van der Waals surface area contributed by atoms with Crippen LogP contribution in [-0.4, -0.2) is 33.0 Å². The Morgan fingerprint density at radius 2 is 1.84 bits per heavy atom. The van der Waals surface area contributed by atoms with Crippen molar-refractivity contribution in [1.29, 1.82) is 0 Å². The van der Waals surface area contributed by atoms with Gasteiger partial charge in [0.15, 0.2) is 0 Å². The molecule has 0 amide bonds. The Balaban J connectivity index is 1.79. The number of aromatic nitrogens is 2. The Labute approximate surface area is 177 Å². The third kappa shape index (κ3) is 4.83. The number of hydrazone groups is 1. The summed E-state index contributed by atoms with van der Waals surface area (Å²) in [4.78, 5) is 21.0. The highest BCUT2D eigenvalue weighted by molar-refractivity contribution is 5.81. The van der Waals surface area contributed by atoms with E-state index in [9.17, 15) is 20.2 Å². The summed E-state index contributed by atoms with van der Waals surface area (Å²) in [6.45, 7) is 3.55. The van der Waals surface area contributed by atoms with Gasteiger partial charge in [0.05, 0.1) is 35.4 Å². The van der Waals surface area contributed by atoms with Crippen LogP contribution >= 0.6 is 0 Å². The molecular weight excluding hydrogens is 404 g/mol. The van der Waals surface area contributed by atoms with Gasteiger partial charge in [-0.1, -0.05) is 0 Å². The number of nitro benzene ring substituents is 1. The molecule has 0 unspecified atom stereocenters. The predicted molar refractivity (Wildman–Crippen MR) is 115 cm³/mol. The first-order valence-corrected chi connectivity index (χ1v) is 9.19. The van der Waals surface area contributed by atoms with Crippen LogP contribution in [0.5, 0.6) is 5.75 Å². The van der Waals surface area contributed by atoms with Gasteiger partial charge in [0, 0.05) is 17.7 Å². The number of non-ortho nitro benzene ring substituents is 1. The number of hydrogen-bond donors (Lipinski definition) is 1. The lowest BCUT2D eigenvalue weighted by molar-refractivity contribution is -0.386. The number of ether oxygens (including phenoxy) is 1. The predicted octanol–water partition coefficient (Wildman–Crippen LogP) is 3.82. The fourth-order valence-corrected chi connectivity index (χ4v) is 3.11. The van der Waals surface area contributed by atoms with Crippen molar-refractivity contribution >= 4 is 23.3 Å². The van der Waals surface area contributed by atoms with Crippen LogP contribution in [0.2, 0.25) is 0 Å². The van der Waals surface area contributed by atoms with Gasteiger partial charge in [0.2, 0.25) is 0 Å². The van der Waals surface area contributed by atoms with E-state index in [0.717, 1.165) is 11.1 Å². The van der Waals surface area contributed by atoms with Gasteiger partial charge in [0.25, 0.3) is 5.69 Å². The first-order chi connectivity index (χ1) is 14.8. The van der Waals surface area contributed by atoms with Crippen molar-refractivity contribution in [2.45, 2.75) is 20.4 Å². The van der Waals surface area contributed by atoms with E-state index in [4.69, 9.17) is 4.74 Å². The second-order valence-corrected chi connectivity index (χ2v) is 6.68. The van der Waals surface area contributed by atoms with Gasteiger partial charge in [-0.2, -0.15) is 10.2 Å². The molecule has 0 aliphatic rings. The molecule has 2 aromatic carbocycles. The largest absolute Gasteiger partial charge is 0.496 e. The van der Waals surface area contributed by atoms with Gasteiger partial charge in [-0.05, 0) is 49.7 Å². The minimum atomic E-state index is -0.469. The molecule has 1 heterocycles. The summed E-state index contributed by atoms with van der Waals surface area (Å²) in [6, 6.07) is 11.3. The van der Waals surface area contributed by atoms with Crippen molar-refractivity contribution < 1.29 is 14.6 Å². The molecule has 1 aromatic heterocycles. The standard InChI is InChI=1S/C20H20N6O5/c1-13-20(26(29)30)14(2)24(23-13)12-16-10-15(4-9-19(16)31-3)11-21-22-17-5-7-18(8-6-17)25(27)28/h4-11,22H,12H2,1-3H3/b21-11-. The Kier molecular flexibility index (Phi) is 6.24. The maximum absolute atomic E-state index is 11.2. The Bertz CT molecular complexity index is 1150. The number of anilines is 1. The van der Waals surface area contributed by atoms with Crippen LogP contribution in [0.1, 0.15) is 22.5 Å². The third-order valence-corrected chi connectivity index (χ3v) is 4.64. The fourth-order valence-electron chi connectivity index (χ4n) is 3.11. The molecule has 0 saturated carbocycles. The van der Waals surface area contributed by atoms with E-state index in [-0.39, 0.29) is 11.4 Å². The van der Waals surface area contributed by atoms with Gasteiger partial charge < -0.3 is 4.74 Å². The monoisotopic (exact) mass is 424 g/mol. The summed E-state index contributed by atoms with van der Waals surface area (Å²) in [7, 11) is 1.55. The number of benzene rings is 2. The molecule has 160 valence electrons. The molecule has 11 nitrogen and oxygen atoms in total. The molecule has 11 heteroatoms. The number of rotatable bonds is 8. The molecule has 0 bridgehead atoms. The molecular formula is C20H20N6O5. The van der Waals surface area contributed by atoms with Crippen molar-refractivity contribution in [3.63, 3.8) is 0 Å². The Hall–Kier alpha value is -4.28. The third-order valence-electron chi connectivity index (χ3n) is 4.64. The first kappa shape index (κ1) is 21.4. The summed E-state index contributed by atoms with van der Waals surface area (Å²) in [5.74, 6) is 0.621. The molecule has 0 radical (unpaired) electrons. The van der Waals surface area contributed by atoms with Gasteiger partial charge in [-0.15, -0.1) is 0 Å². The zero-order valence-corrected chi connectivity index (χ0v) is 17.1. The van der Waals surface area contributed by atoms with Crippen molar-refractivity contribution in [3.8, 4) is 5.75 Å². The summed E-state index contributed by atoms with van der Waals surface area (Å²) in [5.41, 5.74) is 5.78. The first-order valence-electron chi connectivity index (χ1n) is 9.19. The van der Waals surface area contributed by atoms with Crippen LogP contribution in [0, 0.1) is 34.1 Å². The molecule has 0 aliphatic heterocycles. The van der Waals surface area contributed by atoms with Crippen LogP contribution in [0.3, 0.4) is 0 Å². The molecule has 0 saturated heterocycles. The molecule has 0 spiro atoms. The second kappa shape index (κ2) is 9.03. The molecule has 0 atom stereocenters. The van der Waals surface area contributed by atoms with E-state index in [1.165, 1.54) is 12.1 Å². The second-order valence-electron chi connectivity index (χ2n) is 6.68. The lowest BCUT2D eigenvalue weighted by atomic mass is 10.1. The summed E-state index contributed by atoms with van der Waals surface area (Å²) >= 11 is 0. The smallest absolute Gasteiger partial charge is 0.312 e. The average molecular weight is 424 g/mol. The zero-order valence-electron chi connectivity index (χ0n) is 17.1. The number of nitrogens with one attached hydrogen (secondary N) is 1. The maximum Gasteiger partial charge on any atom is 0.312 e. The van der Waals surface area contributed by atoms with E-state index in [0.29, 0.717) is 29.4 Å². The van der Waals surface area contributed by atoms with Crippen LogP contribution < -0.4 is 10.2 Å². The van der Waals surface area contributed by atoms with E-state index in [1.54, 1.807) is 50.1 Å². The van der Waals surface area contributed by atoms with Crippen molar-refractivity contribution in [3.05, 3.63) is 85.2 Å². The number of hydrogen-bond acceptors (Lipinski definition) is 8. The van der Waals surface area contributed by atoms with Crippen LogP contribution in [0.15, 0.2) is 47.6 Å². The number of nitro groups is 2. The van der Waals surface area contributed by atoms with Crippen LogP contribution in [-0.2, 0) is 6.54 Å². The summed E-state index contributed by atoms with van der Waals surface area (Å²) in [6.07, 6.45) is 1.59. The van der Waals surface area contributed by atoms with Crippen molar-refractivity contribution in [2.75, 3.05) is 12.5 Å². The van der Waals surface area contributed by atoms with Gasteiger partial charge in [-0.3, -0.25) is 30.3 Å². The minimum Gasteiger partial charge on any atom is -0.496 e. The fraction of sp³-hybridized carbons (Fsp3) is 0.200. The normalized spacial score (nSPS) is 10.9. The van der Waals surface area contributed by atoms with Crippen LogP contribution in [0.25, 0.3) is 0 Å². The van der Waals surface area contributed by atoms with Gasteiger partial charge >= 0.3 is 5.69 Å². The molecule has 3 aromatic rings. The molecule has 0 aliphatic carbocycles. The quantitative estimate of drug-likeness (QED) is 0.329. The van der Waals surface area contributed by atoms with Crippen molar-refractivity contribution in [2.24, 2.45) is 5.10 Å². The van der Waals surface area contributed by atoms with Crippen LogP contribution in [0.4, 0.5) is 17.1 Å². The molecule has 3 rings (SSSR count). The Morgan fingerprint density at radius 1 is 1.13 bits per heavy atom. The number of nitrogens with zero attached hydrogens (tertiary/aromatic N) is 5. The van der Waals surface area contributed by atoms with Gasteiger partial charge in [-0.25, -0.2) is 0 Å². The summed E-state index contributed by atoms with van der Waals surface area (Å²) in [5, 5.41) is 30.4. The highest BCUT2D eigenvalue weighted by Gasteiger charge is 2.22. The topological polar surface area (TPSA) is 138 Å². The van der Waals surface area contributed by atoms with E-state index >= 15 is 0 Å². The van der Waals surface area contributed by atoms with Crippen molar-refractivity contribution in [1.82, 2.24) is 9.78 Å².